The van der Waals surface area contributed by atoms with Crippen molar-refractivity contribution in [2.45, 2.75) is 0 Å². The highest BCUT2D eigenvalue weighted by Crippen LogP contribution is 2.08. The zero-order chi connectivity index (χ0) is 10.7. The Morgan fingerprint density at radius 3 is 2.71 bits per heavy atom. The number of nitrogens with one attached hydrogen (secondary N) is 1. The fourth-order valence-corrected chi connectivity index (χ4v) is 0.833. The van der Waals surface area contributed by atoms with Crippen LogP contribution in [0.2, 0.25) is 0 Å². The largest absolute Gasteiger partial charge is 0.423 e. The number of hydrogen-bond acceptors (Lipinski definition) is 7. The fraction of sp³-hybridized carbons (Fsp3) is 0.333. The molecular weight excluding hydrogens is 190 g/mol. The summed E-state index contributed by atoms with van der Waals surface area (Å²) in [6.07, 6.45) is 0. The summed E-state index contributed by atoms with van der Waals surface area (Å²) < 4.78 is 0.196. The summed E-state index contributed by atoms with van der Waals surface area (Å²) in [4.78, 5) is 14.8. The number of nitrogen functional groups attached to an aromatic ring is 2. The van der Waals surface area contributed by atoms with Crippen molar-refractivity contribution in [3.63, 3.8) is 0 Å². The standard InChI is InChI=1S/C6H11N5O3/c7-3-4(8)11(14)6(13)5(10-3)9-1-2-12/h12,14H,1-2,7-8H2,(H,9,10). The topological polar surface area (TPSA) is 139 Å². The smallest absolute Gasteiger partial charge is 0.327 e. The number of rotatable bonds is 3. The molecule has 0 aliphatic carbocycles. The second-order valence-electron chi connectivity index (χ2n) is 2.50. The van der Waals surface area contributed by atoms with Crippen molar-refractivity contribution in [1.82, 2.24) is 9.71 Å². The van der Waals surface area contributed by atoms with Gasteiger partial charge in [-0.1, -0.05) is 0 Å². The lowest BCUT2D eigenvalue weighted by Crippen LogP contribution is -2.27. The molecule has 7 N–H and O–H groups in total. The van der Waals surface area contributed by atoms with Crippen LogP contribution in [0.3, 0.4) is 0 Å². The normalized spacial score (nSPS) is 10.1. The van der Waals surface area contributed by atoms with Gasteiger partial charge in [0.1, 0.15) is 0 Å². The van der Waals surface area contributed by atoms with Gasteiger partial charge in [-0.05, 0) is 0 Å². The minimum atomic E-state index is -0.815. The molecule has 0 fully saturated rings. The molecule has 0 saturated carbocycles. The quantitative estimate of drug-likeness (QED) is 0.358. The monoisotopic (exact) mass is 201 g/mol. The summed E-state index contributed by atoms with van der Waals surface area (Å²) in [5.74, 6) is -0.634. The Balaban J connectivity index is 3.13. The van der Waals surface area contributed by atoms with E-state index >= 15 is 0 Å². The molecule has 0 spiro atoms. The van der Waals surface area contributed by atoms with Gasteiger partial charge in [-0.25, -0.2) is 4.98 Å². The molecule has 1 heterocycles. The molecule has 1 aromatic rings. The molecule has 0 aliphatic rings. The van der Waals surface area contributed by atoms with E-state index in [0.29, 0.717) is 0 Å². The summed E-state index contributed by atoms with van der Waals surface area (Å²) in [6.45, 7) is -0.0393. The molecule has 0 aliphatic heterocycles. The SMILES string of the molecule is Nc1nc(NCCO)c(=O)n(O)c1N. The molecule has 0 atom stereocenters. The van der Waals surface area contributed by atoms with Crippen LogP contribution >= 0.6 is 0 Å². The number of aliphatic hydroxyl groups is 1. The second-order valence-corrected chi connectivity index (χ2v) is 2.50. The van der Waals surface area contributed by atoms with Gasteiger partial charge in [-0.2, -0.15) is 0 Å². The third kappa shape index (κ3) is 1.69. The minimum absolute atomic E-state index is 0.131. The Morgan fingerprint density at radius 1 is 1.50 bits per heavy atom. The van der Waals surface area contributed by atoms with Crippen molar-refractivity contribution in [3.05, 3.63) is 10.4 Å². The van der Waals surface area contributed by atoms with E-state index in [2.05, 4.69) is 10.3 Å². The van der Waals surface area contributed by atoms with Crippen molar-refractivity contribution in [2.24, 2.45) is 0 Å². The molecule has 0 radical (unpaired) electrons. The molecule has 0 amide bonds. The van der Waals surface area contributed by atoms with Gasteiger partial charge in [0.25, 0.3) is 0 Å². The van der Waals surface area contributed by atoms with E-state index in [9.17, 15) is 4.79 Å². The number of nitrogens with two attached hydrogens (primary N) is 2. The van der Waals surface area contributed by atoms with Crippen molar-refractivity contribution >= 4 is 17.5 Å². The second kappa shape index (κ2) is 3.83. The van der Waals surface area contributed by atoms with Crippen LogP contribution in [0.5, 0.6) is 0 Å². The van der Waals surface area contributed by atoms with Crippen LogP contribution in [-0.2, 0) is 0 Å². The van der Waals surface area contributed by atoms with Gasteiger partial charge in [0.2, 0.25) is 0 Å². The molecule has 78 valence electrons. The number of hydrogen-bond donors (Lipinski definition) is 5. The zero-order valence-corrected chi connectivity index (χ0v) is 7.27. The highest BCUT2D eigenvalue weighted by Gasteiger charge is 2.10. The molecule has 1 aromatic heterocycles. The zero-order valence-electron chi connectivity index (χ0n) is 7.27. The average molecular weight is 201 g/mol. The van der Waals surface area contributed by atoms with Gasteiger partial charge in [0.15, 0.2) is 17.5 Å². The number of anilines is 3. The third-order valence-corrected chi connectivity index (χ3v) is 1.52. The van der Waals surface area contributed by atoms with E-state index in [-0.39, 0.29) is 35.3 Å². The van der Waals surface area contributed by atoms with Crippen LogP contribution in [0, 0.1) is 0 Å². The fourth-order valence-electron chi connectivity index (χ4n) is 0.833. The summed E-state index contributed by atoms with van der Waals surface area (Å²) in [7, 11) is 0. The van der Waals surface area contributed by atoms with Crippen LogP contribution in [0.1, 0.15) is 0 Å². The first-order chi connectivity index (χ1) is 6.57. The first-order valence-corrected chi connectivity index (χ1v) is 3.80. The summed E-state index contributed by atoms with van der Waals surface area (Å²) in [5, 5.41) is 20.1. The molecule has 0 bridgehead atoms. The van der Waals surface area contributed by atoms with Crippen LogP contribution in [-0.4, -0.2) is 33.2 Å². The molecule has 0 aromatic carbocycles. The Morgan fingerprint density at radius 2 is 2.14 bits per heavy atom. The first-order valence-electron chi connectivity index (χ1n) is 3.80. The molecule has 8 nitrogen and oxygen atoms in total. The Bertz CT molecular complexity index is 388. The summed E-state index contributed by atoms with van der Waals surface area (Å²) >= 11 is 0. The minimum Gasteiger partial charge on any atom is -0.423 e. The van der Waals surface area contributed by atoms with E-state index in [0.717, 1.165) is 0 Å². The van der Waals surface area contributed by atoms with Gasteiger partial charge in [-0.3, -0.25) is 4.79 Å². The van der Waals surface area contributed by atoms with Gasteiger partial charge >= 0.3 is 5.56 Å². The molecule has 0 saturated heterocycles. The summed E-state index contributed by atoms with van der Waals surface area (Å²) in [5.41, 5.74) is 9.72. The van der Waals surface area contributed by atoms with Crippen molar-refractivity contribution in [3.8, 4) is 0 Å². The lowest BCUT2D eigenvalue weighted by atomic mass is 10.5. The number of aliphatic hydroxyl groups excluding tert-OH is 1. The van der Waals surface area contributed by atoms with E-state index in [1.54, 1.807) is 0 Å². The van der Waals surface area contributed by atoms with E-state index in [1.807, 2.05) is 0 Å². The molecule has 8 heteroatoms. The maximum absolute atomic E-state index is 11.2. The third-order valence-electron chi connectivity index (χ3n) is 1.52. The maximum atomic E-state index is 11.2. The van der Waals surface area contributed by atoms with E-state index < -0.39 is 5.56 Å². The Hall–Kier alpha value is -1.96. The number of aromatic nitrogens is 2. The van der Waals surface area contributed by atoms with E-state index in [1.165, 1.54) is 0 Å². The van der Waals surface area contributed by atoms with Gasteiger partial charge in [0, 0.05) is 6.54 Å². The lowest BCUT2D eigenvalue weighted by Gasteiger charge is -2.07. The number of nitrogens with zero attached hydrogens (tertiary/aromatic N) is 2. The van der Waals surface area contributed by atoms with Crippen molar-refractivity contribution in [1.29, 1.82) is 0 Å². The van der Waals surface area contributed by atoms with Crippen molar-refractivity contribution < 1.29 is 10.3 Å². The van der Waals surface area contributed by atoms with Gasteiger partial charge in [-0.15, -0.1) is 4.73 Å². The van der Waals surface area contributed by atoms with Gasteiger partial charge < -0.3 is 27.1 Å². The van der Waals surface area contributed by atoms with Gasteiger partial charge in [0.05, 0.1) is 6.61 Å². The lowest BCUT2D eigenvalue weighted by molar-refractivity contribution is 0.181. The predicted molar refractivity (Wildman–Crippen MR) is 50.1 cm³/mol. The molecule has 0 unspecified atom stereocenters. The predicted octanol–water partition coefficient (Wildman–Crippen LogP) is -1.95. The Labute approximate surface area is 78.7 Å². The van der Waals surface area contributed by atoms with Crippen LogP contribution in [0.4, 0.5) is 17.5 Å². The molecular formula is C6H11N5O3. The maximum Gasteiger partial charge on any atom is 0.327 e. The first kappa shape index (κ1) is 10.1. The highest BCUT2D eigenvalue weighted by atomic mass is 16.5. The van der Waals surface area contributed by atoms with Crippen LogP contribution < -0.4 is 22.3 Å². The van der Waals surface area contributed by atoms with Crippen molar-refractivity contribution in [2.75, 3.05) is 29.9 Å². The molecule has 14 heavy (non-hydrogen) atoms. The average Bonchev–Trinajstić information content (AvgIpc) is 2.18. The van der Waals surface area contributed by atoms with E-state index in [4.69, 9.17) is 21.8 Å². The van der Waals surface area contributed by atoms with Crippen LogP contribution in [0.15, 0.2) is 4.79 Å². The summed E-state index contributed by atoms with van der Waals surface area (Å²) in [6, 6.07) is 0. The molecule has 1 rings (SSSR count). The Kier molecular flexibility index (Phi) is 2.77. The van der Waals surface area contributed by atoms with Crippen LogP contribution in [0.25, 0.3) is 0 Å². The highest BCUT2D eigenvalue weighted by molar-refractivity contribution is 5.56.